The van der Waals surface area contributed by atoms with Crippen LogP contribution in [0.2, 0.25) is 0 Å². The molecule has 1 saturated carbocycles. The maximum Gasteiger partial charge on any atom is 0.235 e. The van der Waals surface area contributed by atoms with Gasteiger partial charge in [-0.05, 0) is 31.6 Å². The Balaban J connectivity index is 2.29. The minimum atomic E-state index is 0.229. The van der Waals surface area contributed by atoms with Crippen molar-refractivity contribution in [2.45, 2.75) is 31.7 Å². The summed E-state index contributed by atoms with van der Waals surface area (Å²) >= 11 is 5.70. The van der Waals surface area contributed by atoms with Crippen LogP contribution in [0.3, 0.4) is 0 Å². The molecule has 0 spiro atoms. The zero-order chi connectivity index (χ0) is 8.10. The molecule has 2 nitrogen and oxygen atoms in total. The van der Waals surface area contributed by atoms with E-state index in [2.05, 4.69) is 4.99 Å². The third-order valence-electron chi connectivity index (χ3n) is 2.27. The lowest BCUT2D eigenvalue weighted by atomic mass is 9.88. The summed E-state index contributed by atoms with van der Waals surface area (Å²) in [4.78, 5) is 13.6. The van der Waals surface area contributed by atoms with Gasteiger partial charge in [-0.2, -0.15) is 0 Å². The molecule has 0 aliphatic heterocycles. The minimum absolute atomic E-state index is 0.229. The fourth-order valence-corrected chi connectivity index (χ4v) is 1.81. The van der Waals surface area contributed by atoms with Crippen molar-refractivity contribution in [2.75, 3.05) is 5.88 Å². The third-order valence-corrected chi connectivity index (χ3v) is 2.71. The standard InChI is InChI=1S/C8H12ClNO/c9-5-7-1-3-8(4-2-7)10-6-11/h7-8H,1-5H2. The van der Waals surface area contributed by atoms with Crippen LogP contribution < -0.4 is 0 Å². The van der Waals surface area contributed by atoms with E-state index in [1.54, 1.807) is 6.08 Å². The van der Waals surface area contributed by atoms with E-state index in [-0.39, 0.29) is 6.04 Å². The van der Waals surface area contributed by atoms with Crippen LogP contribution in [0.4, 0.5) is 0 Å². The lowest BCUT2D eigenvalue weighted by Crippen LogP contribution is -2.17. The quantitative estimate of drug-likeness (QED) is 0.357. The fraction of sp³-hybridized carbons (Fsp3) is 0.875. The number of halogens is 1. The molecule has 0 aromatic rings. The molecule has 0 unspecified atom stereocenters. The molecule has 0 radical (unpaired) electrons. The number of alkyl halides is 1. The Labute approximate surface area is 71.6 Å². The average Bonchev–Trinajstić information content (AvgIpc) is 2.07. The van der Waals surface area contributed by atoms with E-state index in [0.717, 1.165) is 31.6 Å². The maximum absolute atomic E-state index is 9.91. The van der Waals surface area contributed by atoms with Gasteiger partial charge in [0.05, 0.1) is 6.04 Å². The molecular weight excluding hydrogens is 162 g/mol. The second-order valence-corrected chi connectivity index (χ2v) is 3.36. The smallest absolute Gasteiger partial charge is 0.211 e. The molecule has 1 aliphatic carbocycles. The predicted octanol–water partition coefficient (Wildman–Crippen LogP) is 2.12. The van der Waals surface area contributed by atoms with Crippen molar-refractivity contribution >= 4 is 17.7 Å². The first-order valence-electron chi connectivity index (χ1n) is 3.99. The minimum Gasteiger partial charge on any atom is -0.211 e. The Morgan fingerprint density at radius 2 is 2.00 bits per heavy atom. The summed E-state index contributed by atoms with van der Waals surface area (Å²) in [5.41, 5.74) is 0. The Hall–Kier alpha value is -0.330. The Morgan fingerprint density at radius 3 is 2.45 bits per heavy atom. The van der Waals surface area contributed by atoms with Crippen molar-refractivity contribution in [3.05, 3.63) is 0 Å². The summed E-state index contributed by atoms with van der Waals surface area (Å²) in [5, 5.41) is 0. The molecule has 0 N–H and O–H groups in total. The zero-order valence-corrected chi connectivity index (χ0v) is 7.18. The number of hydrogen-bond acceptors (Lipinski definition) is 2. The molecule has 1 rings (SSSR count). The van der Waals surface area contributed by atoms with Gasteiger partial charge in [0, 0.05) is 5.88 Å². The van der Waals surface area contributed by atoms with Crippen LogP contribution in [0.15, 0.2) is 4.99 Å². The van der Waals surface area contributed by atoms with E-state index in [1.165, 1.54) is 0 Å². The Morgan fingerprint density at radius 1 is 1.36 bits per heavy atom. The van der Waals surface area contributed by atoms with Gasteiger partial charge in [-0.25, -0.2) is 9.79 Å². The van der Waals surface area contributed by atoms with Gasteiger partial charge in [-0.1, -0.05) is 0 Å². The highest BCUT2D eigenvalue weighted by Gasteiger charge is 2.19. The van der Waals surface area contributed by atoms with Gasteiger partial charge < -0.3 is 0 Å². The number of nitrogens with zero attached hydrogens (tertiary/aromatic N) is 1. The summed E-state index contributed by atoms with van der Waals surface area (Å²) in [7, 11) is 0. The molecule has 1 fully saturated rings. The van der Waals surface area contributed by atoms with Gasteiger partial charge >= 0.3 is 0 Å². The summed E-state index contributed by atoms with van der Waals surface area (Å²) in [6.07, 6.45) is 5.85. The van der Waals surface area contributed by atoms with Gasteiger partial charge in [0.2, 0.25) is 6.08 Å². The summed E-state index contributed by atoms with van der Waals surface area (Å²) in [6.45, 7) is 0. The van der Waals surface area contributed by atoms with E-state index in [1.807, 2.05) is 0 Å². The first-order chi connectivity index (χ1) is 5.36. The molecule has 3 heteroatoms. The van der Waals surface area contributed by atoms with Crippen molar-refractivity contribution in [3.63, 3.8) is 0 Å². The lowest BCUT2D eigenvalue weighted by molar-refractivity contribution is 0.351. The van der Waals surface area contributed by atoms with Crippen molar-refractivity contribution in [1.29, 1.82) is 0 Å². The topological polar surface area (TPSA) is 29.4 Å². The summed E-state index contributed by atoms with van der Waals surface area (Å²) < 4.78 is 0. The average molecular weight is 174 g/mol. The number of carbonyl (C=O) groups excluding carboxylic acids is 1. The molecule has 0 amide bonds. The predicted molar refractivity (Wildman–Crippen MR) is 44.6 cm³/mol. The number of aliphatic imine (C=N–C) groups is 1. The van der Waals surface area contributed by atoms with Gasteiger partial charge in [-0.15, -0.1) is 11.6 Å². The first-order valence-corrected chi connectivity index (χ1v) is 4.53. The molecule has 0 saturated heterocycles. The van der Waals surface area contributed by atoms with E-state index in [4.69, 9.17) is 11.6 Å². The van der Waals surface area contributed by atoms with Crippen LogP contribution in [0, 0.1) is 5.92 Å². The second kappa shape index (κ2) is 4.53. The lowest BCUT2D eigenvalue weighted by Gasteiger charge is -2.23. The monoisotopic (exact) mass is 173 g/mol. The molecule has 0 aromatic carbocycles. The fourth-order valence-electron chi connectivity index (χ4n) is 1.50. The Kier molecular flexibility index (Phi) is 3.61. The SMILES string of the molecule is O=C=NC1CCC(CCl)CC1. The van der Waals surface area contributed by atoms with Crippen LogP contribution in [-0.2, 0) is 4.79 Å². The van der Waals surface area contributed by atoms with Crippen molar-refractivity contribution in [3.8, 4) is 0 Å². The van der Waals surface area contributed by atoms with Crippen LogP contribution in [0.25, 0.3) is 0 Å². The first kappa shape index (κ1) is 8.76. The van der Waals surface area contributed by atoms with Crippen LogP contribution in [0.5, 0.6) is 0 Å². The van der Waals surface area contributed by atoms with E-state index in [9.17, 15) is 4.79 Å². The van der Waals surface area contributed by atoms with Gasteiger partial charge in [0.25, 0.3) is 0 Å². The molecule has 62 valence electrons. The van der Waals surface area contributed by atoms with Crippen LogP contribution in [-0.4, -0.2) is 18.0 Å². The van der Waals surface area contributed by atoms with E-state index < -0.39 is 0 Å². The van der Waals surface area contributed by atoms with Crippen LogP contribution >= 0.6 is 11.6 Å². The van der Waals surface area contributed by atoms with E-state index in [0.29, 0.717) is 5.92 Å². The van der Waals surface area contributed by atoms with Crippen LogP contribution in [0.1, 0.15) is 25.7 Å². The summed E-state index contributed by atoms with van der Waals surface area (Å²) in [5.74, 6) is 1.40. The second-order valence-electron chi connectivity index (χ2n) is 3.05. The molecule has 1 aliphatic rings. The molecule has 0 aromatic heterocycles. The normalized spacial score (nSPS) is 31.0. The van der Waals surface area contributed by atoms with E-state index >= 15 is 0 Å². The maximum atomic E-state index is 9.91. The number of rotatable bonds is 2. The largest absolute Gasteiger partial charge is 0.235 e. The van der Waals surface area contributed by atoms with Gasteiger partial charge in [0.1, 0.15) is 0 Å². The summed E-state index contributed by atoms with van der Waals surface area (Å²) in [6, 6.07) is 0.229. The third kappa shape index (κ3) is 2.64. The van der Waals surface area contributed by atoms with Crippen molar-refractivity contribution in [2.24, 2.45) is 10.9 Å². The molecular formula is C8H12ClNO. The number of hydrogen-bond donors (Lipinski definition) is 0. The van der Waals surface area contributed by atoms with Crippen molar-refractivity contribution < 1.29 is 4.79 Å². The molecule has 0 atom stereocenters. The van der Waals surface area contributed by atoms with Crippen molar-refractivity contribution in [1.82, 2.24) is 0 Å². The highest BCUT2D eigenvalue weighted by Crippen LogP contribution is 2.26. The molecule has 0 heterocycles. The molecule has 0 bridgehead atoms. The zero-order valence-electron chi connectivity index (χ0n) is 6.42. The Bertz CT molecular complexity index is 157. The van der Waals surface area contributed by atoms with Gasteiger partial charge in [-0.3, -0.25) is 0 Å². The number of isocyanates is 1. The van der Waals surface area contributed by atoms with Gasteiger partial charge in [0.15, 0.2) is 0 Å². The molecule has 11 heavy (non-hydrogen) atoms. The highest BCUT2D eigenvalue weighted by molar-refractivity contribution is 6.18. The highest BCUT2D eigenvalue weighted by atomic mass is 35.5.